The van der Waals surface area contributed by atoms with Crippen molar-refractivity contribution in [3.05, 3.63) is 29.8 Å². The van der Waals surface area contributed by atoms with Crippen molar-refractivity contribution in [3.8, 4) is 0 Å². The van der Waals surface area contributed by atoms with Crippen LogP contribution in [0.5, 0.6) is 0 Å². The van der Waals surface area contributed by atoms with Crippen LogP contribution in [0.3, 0.4) is 0 Å². The molecule has 19 heavy (non-hydrogen) atoms. The van der Waals surface area contributed by atoms with Gasteiger partial charge in [0, 0.05) is 5.69 Å². The van der Waals surface area contributed by atoms with E-state index in [2.05, 4.69) is 12.2 Å². The fourth-order valence-corrected chi connectivity index (χ4v) is 2.08. The molecule has 106 valence electrons. The van der Waals surface area contributed by atoms with Gasteiger partial charge in [0.2, 0.25) is 0 Å². The first-order chi connectivity index (χ1) is 8.98. The summed E-state index contributed by atoms with van der Waals surface area (Å²) in [5.41, 5.74) is 1.15. The van der Waals surface area contributed by atoms with Crippen LogP contribution in [-0.4, -0.2) is 16.6 Å². The Labute approximate surface area is 116 Å². The second-order valence-electron chi connectivity index (χ2n) is 5.44. The van der Waals surface area contributed by atoms with Crippen LogP contribution in [0.2, 0.25) is 0 Å². The average Bonchev–Trinajstić information content (AvgIpc) is 2.37. The van der Waals surface area contributed by atoms with Gasteiger partial charge in [0.25, 0.3) is 0 Å². The van der Waals surface area contributed by atoms with Crippen molar-refractivity contribution in [2.45, 2.75) is 58.4 Å². The zero-order valence-corrected chi connectivity index (χ0v) is 12.2. The van der Waals surface area contributed by atoms with Crippen LogP contribution >= 0.6 is 0 Å². The van der Waals surface area contributed by atoms with E-state index >= 15 is 0 Å². The molecule has 1 aromatic rings. The Morgan fingerprint density at radius 3 is 2.37 bits per heavy atom. The van der Waals surface area contributed by atoms with Gasteiger partial charge in [-0.15, -0.1) is 0 Å². The summed E-state index contributed by atoms with van der Waals surface area (Å²) < 4.78 is 0. The van der Waals surface area contributed by atoms with Gasteiger partial charge in [-0.2, -0.15) is 0 Å². The third-order valence-corrected chi connectivity index (χ3v) is 3.47. The van der Waals surface area contributed by atoms with Crippen molar-refractivity contribution in [3.63, 3.8) is 0 Å². The fourth-order valence-electron chi connectivity index (χ4n) is 2.08. The third-order valence-electron chi connectivity index (χ3n) is 3.47. The summed E-state index contributed by atoms with van der Waals surface area (Å²) in [5, 5.41) is 12.6. The largest absolute Gasteiger partial charge is 0.480 e. The van der Waals surface area contributed by atoms with Gasteiger partial charge in [0.1, 0.15) is 5.54 Å². The van der Waals surface area contributed by atoms with E-state index in [1.165, 1.54) is 12.0 Å². The summed E-state index contributed by atoms with van der Waals surface area (Å²) in [7, 11) is 0. The van der Waals surface area contributed by atoms with E-state index in [0.717, 1.165) is 24.9 Å². The Bertz CT molecular complexity index is 400. The molecular formula is C16H25NO2. The van der Waals surface area contributed by atoms with Crippen LogP contribution in [0.25, 0.3) is 0 Å². The van der Waals surface area contributed by atoms with Crippen molar-refractivity contribution in [1.82, 2.24) is 0 Å². The normalized spacial score (nSPS) is 13.8. The molecule has 0 radical (unpaired) electrons. The van der Waals surface area contributed by atoms with Gasteiger partial charge < -0.3 is 10.4 Å². The molecule has 0 saturated carbocycles. The maximum Gasteiger partial charge on any atom is 0.329 e. The fraction of sp³-hybridized carbons (Fsp3) is 0.562. The Morgan fingerprint density at radius 1 is 1.21 bits per heavy atom. The van der Waals surface area contributed by atoms with Gasteiger partial charge in [0.05, 0.1) is 0 Å². The van der Waals surface area contributed by atoms with E-state index < -0.39 is 11.5 Å². The maximum atomic E-state index is 11.5. The molecule has 1 unspecified atom stereocenters. The van der Waals surface area contributed by atoms with E-state index in [-0.39, 0.29) is 0 Å². The van der Waals surface area contributed by atoms with E-state index in [0.29, 0.717) is 6.42 Å². The van der Waals surface area contributed by atoms with E-state index in [4.69, 9.17) is 0 Å². The number of carboxylic acid groups (broad SMARTS) is 1. The number of aliphatic carboxylic acids is 1. The molecule has 0 amide bonds. The van der Waals surface area contributed by atoms with Crippen LogP contribution in [0.1, 0.15) is 51.5 Å². The second kappa shape index (κ2) is 7.17. The minimum atomic E-state index is -0.886. The van der Waals surface area contributed by atoms with Crippen molar-refractivity contribution in [2.75, 3.05) is 5.32 Å². The predicted molar refractivity (Wildman–Crippen MR) is 79.6 cm³/mol. The molecular weight excluding hydrogens is 238 g/mol. The van der Waals surface area contributed by atoms with E-state index in [1.54, 1.807) is 6.92 Å². The Kier molecular flexibility index (Phi) is 5.87. The lowest BCUT2D eigenvalue weighted by Gasteiger charge is -2.27. The van der Waals surface area contributed by atoms with E-state index in [9.17, 15) is 9.90 Å². The molecule has 0 aliphatic heterocycles. The maximum absolute atomic E-state index is 11.5. The number of nitrogens with one attached hydrogen (secondary N) is 1. The van der Waals surface area contributed by atoms with Crippen molar-refractivity contribution >= 4 is 11.7 Å². The third kappa shape index (κ3) is 4.93. The molecule has 3 nitrogen and oxygen atoms in total. The molecule has 0 aliphatic carbocycles. The van der Waals surface area contributed by atoms with E-state index in [1.807, 2.05) is 31.2 Å². The lowest BCUT2D eigenvalue weighted by molar-refractivity contribution is -0.142. The number of unbranched alkanes of at least 4 members (excludes halogenated alkanes) is 3. The molecule has 0 aromatic heterocycles. The predicted octanol–water partition coefficient (Wildman–Crippen LogP) is 4.22. The number of hydrogen-bond acceptors (Lipinski definition) is 2. The van der Waals surface area contributed by atoms with Gasteiger partial charge in [0.15, 0.2) is 0 Å². The van der Waals surface area contributed by atoms with Gasteiger partial charge in [-0.3, -0.25) is 0 Å². The number of carbonyl (C=O) groups is 1. The molecule has 0 bridgehead atoms. The monoisotopic (exact) mass is 263 g/mol. The van der Waals surface area contributed by atoms with Crippen LogP contribution in [0.4, 0.5) is 5.69 Å². The van der Waals surface area contributed by atoms with Crippen molar-refractivity contribution in [1.29, 1.82) is 0 Å². The molecule has 0 heterocycles. The highest BCUT2D eigenvalue weighted by molar-refractivity contribution is 5.82. The van der Waals surface area contributed by atoms with Crippen molar-refractivity contribution < 1.29 is 9.90 Å². The van der Waals surface area contributed by atoms with Gasteiger partial charge in [-0.25, -0.2) is 4.79 Å². The minimum Gasteiger partial charge on any atom is -0.480 e. The van der Waals surface area contributed by atoms with Crippen LogP contribution in [0, 0.1) is 6.92 Å². The second-order valence-corrected chi connectivity index (χ2v) is 5.44. The highest BCUT2D eigenvalue weighted by Gasteiger charge is 2.32. The first-order valence-electron chi connectivity index (χ1n) is 7.06. The summed E-state index contributed by atoms with van der Waals surface area (Å²) >= 11 is 0. The topological polar surface area (TPSA) is 49.3 Å². The molecule has 1 rings (SSSR count). The molecule has 2 N–H and O–H groups in total. The quantitative estimate of drug-likeness (QED) is 0.690. The number of rotatable bonds is 8. The zero-order valence-electron chi connectivity index (χ0n) is 12.2. The summed E-state index contributed by atoms with van der Waals surface area (Å²) in [6, 6.07) is 7.84. The number of hydrogen-bond donors (Lipinski definition) is 2. The minimum absolute atomic E-state index is 0.649. The smallest absolute Gasteiger partial charge is 0.329 e. The van der Waals surface area contributed by atoms with Crippen LogP contribution in [-0.2, 0) is 4.79 Å². The number of benzene rings is 1. The molecule has 3 heteroatoms. The number of anilines is 1. The first-order valence-corrected chi connectivity index (χ1v) is 7.06. The lowest BCUT2D eigenvalue weighted by Crippen LogP contribution is -2.43. The Balaban J connectivity index is 2.65. The Hall–Kier alpha value is -1.51. The summed E-state index contributed by atoms with van der Waals surface area (Å²) in [5.74, 6) is -0.787. The molecule has 0 spiro atoms. The highest BCUT2D eigenvalue weighted by Crippen LogP contribution is 2.22. The SMILES string of the molecule is CCCCCCC(C)(Nc1ccc(C)cc1)C(=O)O. The van der Waals surface area contributed by atoms with Gasteiger partial charge >= 0.3 is 5.97 Å². The molecule has 0 saturated heterocycles. The van der Waals surface area contributed by atoms with Gasteiger partial charge in [-0.05, 0) is 32.4 Å². The summed E-state index contributed by atoms with van der Waals surface area (Å²) in [6.07, 6.45) is 5.01. The number of aryl methyl sites for hydroxylation is 1. The Morgan fingerprint density at radius 2 is 1.84 bits per heavy atom. The highest BCUT2D eigenvalue weighted by atomic mass is 16.4. The number of carboxylic acids is 1. The summed E-state index contributed by atoms with van der Waals surface area (Å²) in [6.45, 7) is 5.94. The standard InChI is InChI=1S/C16H25NO2/c1-4-5-6-7-12-16(3,15(18)19)17-14-10-8-13(2)9-11-14/h8-11,17H,4-7,12H2,1-3H3,(H,18,19). The zero-order chi connectivity index (χ0) is 14.3. The molecule has 1 atom stereocenters. The lowest BCUT2D eigenvalue weighted by atomic mass is 9.93. The van der Waals surface area contributed by atoms with Crippen LogP contribution in [0.15, 0.2) is 24.3 Å². The van der Waals surface area contributed by atoms with Crippen molar-refractivity contribution in [2.24, 2.45) is 0 Å². The molecule has 1 aromatic carbocycles. The molecule has 0 aliphatic rings. The van der Waals surface area contributed by atoms with Gasteiger partial charge in [-0.1, -0.05) is 50.3 Å². The van der Waals surface area contributed by atoms with Crippen LogP contribution < -0.4 is 5.32 Å². The summed E-state index contributed by atoms with van der Waals surface area (Å²) in [4.78, 5) is 11.5. The molecule has 0 fully saturated rings. The average molecular weight is 263 g/mol. The first kappa shape index (κ1) is 15.5.